The minimum absolute atomic E-state index is 0.222. The zero-order valence-corrected chi connectivity index (χ0v) is 16.2. The van der Waals surface area contributed by atoms with E-state index in [1.54, 1.807) is 0 Å². The molecular formula is C23H26N2O2. The smallest absolute Gasteiger partial charge is 0.203 e. The van der Waals surface area contributed by atoms with Gasteiger partial charge < -0.3 is 9.47 Å². The molecule has 2 aromatic carbocycles. The Bertz CT molecular complexity index is 903. The Morgan fingerprint density at radius 3 is 2.63 bits per heavy atom. The van der Waals surface area contributed by atoms with E-state index in [1.807, 2.05) is 0 Å². The Morgan fingerprint density at radius 2 is 1.85 bits per heavy atom. The highest BCUT2D eigenvalue weighted by atomic mass is 16.5. The molecule has 1 fully saturated rings. The van der Waals surface area contributed by atoms with Crippen molar-refractivity contribution < 1.29 is 9.47 Å². The fourth-order valence-corrected chi connectivity index (χ4v) is 4.72. The molecule has 5 rings (SSSR count). The molecule has 27 heavy (non-hydrogen) atoms. The van der Waals surface area contributed by atoms with Gasteiger partial charge in [-0.2, -0.15) is 5.10 Å². The van der Waals surface area contributed by atoms with Crippen molar-refractivity contribution >= 4 is 5.71 Å². The first-order valence-electron chi connectivity index (χ1n) is 9.82. The van der Waals surface area contributed by atoms with E-state index in [0.29, 0.717) is 6.61 Å². The maximum absolute atomic E-state index is 6.65. The minimum atomic E-state index is -0.437. The van der Waals surface area contributed by atoms with E-state index >= 15 is 0 Å². The van der Waals surface area contributed by atoms with E-state index in [9.17, 15) is 0 Å². The highest BCUT2D eigenvalue weighted by Gasteiger charge is 2.54. The number of para-hydroxylation sites is 1. The van der Waals surface area contributed by atoms with Crippen molar-refractivity contribution in [2.24, 2.45) is 5.10 Å². The van der Waals surface area contributed by atoms with Crippen LogP contribution in [0.1, 0.15) is 55.8 Å². The largest absolute Gasteiger partial charge is 0.466 e. The van der Waals surface area contributed by atoms with Gasteiger partial charge in [0, 0.05) is 24.8 Å². The average Bonchev–Trinajstić information content (AvgIpc) is 3.08. The fourth-order valence-electron chi connectivity index (χ4n) is 4.72. The van der Waals surface area contributed by atoms with Gasteiger partial charge in [-0.1, -0.05) is 48.0 Å². The number of hydrogen-bond donors (Lipinski definition) is 0. The summed E-state index contributed by atoms with van der Waals surface area (Å²) in [5.74, 6) is 0.997. The van der Waals surface area contributed by atoms with Crippen LogP contribution in [0.25, 0.3) is 0 Å². The number of hydrazone groups is 1. The third-order valence-electron chi connectivity index (χ3n) is 5.98. The van der Waals surface area contributed by atoms with Crippen molar-refractivity contribution in [3.05, 3.63) is 65.2 Å². The second-order valence-electron chi connectivity index (χ2n) is 8.60. The molecule has 0 aliphatic carbocycles. The molecule has 140 valence electrons. The first kappa shape index (κ1) is 16.8. The zero-order chi connectivity index (χ0) is 18.6. The second-order valence-corrected chi connectivity index (χ2v) is 8.60. The molecule has 3 aliphatic rings. The maximum atomic E-state index is 6.65. The van der Waals surface area contributed by atoms with E-state index in [-0.39, 0.29) is 11.6 Å². The molecule has 4 heteroatoms. The van der Waals surface area contributed by atoms with E-state index in [2.05, 4.69) is 74.3 Å². The SMILES string of the molecule is Cc1ccc(C2=NN3[C@H](C2)c2ccccc2O[C@]32CCOC(C)(C)C2)cc1. The molecular weight excluding hydrogens is 336 g/mol. The Morgan fingerprint density at radius 1 is 1.07 bits per heavy atom. The summed E-state index contributed by atoms with van der Waals surface area (Å²) in [5, 5.41) is 7.37. The van der Waals surface area contributed by atoms with E-state index in [1.165, 1.54) is 16.7 Å². The molecule has 0 aromatic heterocycles. The normalized spacial score (nSPS) is 28.3. The molecule has 1 saturated heterocycles. The van der Waals surface area contributed by atoms with Gasteiger partial charge in [0.15, 0.2) is 0 Å². The van der Waals surface area contributed by atoms with Gasteiger partial charge in [0.1, 0.15) is 5.75 Å². The number of fused-ring (bicyclic) bond motifs is 4. The quantitative estimate of drug-likeness (QED) is 0.729. The summed E-state index contributed by atoms with van der Waals surface area (Å²) in [4.78, 5) is 0. The number of benzene rings is 2. The summed E-state index contributed by atoms with van der Waals surface area (Å²) in [5.41, 5.74) is 4.19. The van der Waals surface area contributed by atoms with Gasteiger partial charge in [0.05, 0.1) is 24.0 Å². The van der Waals surface area contributed by atoms with Crippen LogP contribution in [0.5, 0.6) is 5.75 Å². The molecule has 1 spiro atoms. The molecule has 0 saturated carbocycles. The van der Waals surface area contributed by atoms with Crippen LogP contribution in [-0.4, -0.2) is 28.7 Å². The number of aryl methyl sites for hydroxylation is 1. The van der Waals surface area contributed by atoms with Crippen LogP contribution in [0.2, 0.25) is 0 Å². The van der Waals surface area contributed by atoms with Crippen molar-refractivity contribution in [1.82, 2.24) is 5.01 Å². The van der Waals surface area contributed by atoms with Crippen LogP contribution >= 0.6 is 0 Å². The summed E-state index contributed by atoms with van der Waals surface area (Å²) in [6.45, 7) is 7.10. The van der Waals surface area contributed by atoms with Gasteiger partial charge in [0.25, 0.3) is 0 Å². The van der Waals surface area contributed by atoms with Crippen LogP contribution in [0.3, 0.4) is 0 Å². The highest BCUT2D eigenvalue weighted by Crippen LogP contribution is 2.51. The lowest BCUT2D eigenvalue weighted by Gasteiger charge is -2.52. The van der Waals surface area contributed by atoms with E-state index in [0.717, 1.165) is 30.7 Å². The lowest BCUT2D eigenvalue weighted by Crippen LogP contribution is -2.60. The lowest BCUT2D eigenvalue weighted by atomic mass is 9.86. The van der Waals surface area contributed by atoms with Gasteiger partial charge in [-0.25, -0.2) is 5.01 Å². The zero-order valence-electron chi connectivity index (χ0n) is 16.2. The molecule has 2 atom stereocenters. The predicted molar refractivity (Wildman–Crippen MR) is 106 cm³/mol. The minimum Gasteiger partial charge on any atom is -0.466 e. The van der Waals surface area contributed by atoms with Crippen molar-refractivity contribution in [3.8, 4) is 5.75 Å². The summed E-state index contributed by atoms with van der Waals surface area (Å²) in [6, 6.07) is 17.3. The molecule has 3 heterocycles. The molecule has 0 unspecified atom stereocenters. The molecule has 0 radical (unpaired) electrons. The number of ether oxygens (including phenoxy) is 2. The summed E-state index contributed by atoms with van der Waals surface area (Å²) in [6.07, 6.45) is 2.54. The monoisotopic (exact) mass is 362 g/mol. The van der Waals surface area contributed by atoms with Gasteiger partial charge >= 0.3 is 0 Å². The Kier molecular flexibility index (Phi) is 3.63. The Labute approximate surface area is 160 Å². The first-order valence-corrected chi connectivity index (χ1v) is 9.82. The number of hydrogen-bond acceptors (Lipinski definition) is 4. The van der Waals surface area contributed by atoms with E-state index in [4.69, 9.17) is 14.6 Å². The molecule has 0 bridgehead atoms. The summed E-state index contributed by atoms with van der Waals surface area (Å²) >= 11 is 0. The van der Waals surface area contributed by atoms with Crippen LogP contribution in [0, 0.1) is 6.92 Å². The molecule has 0 N–H and O–H groups in total. The topological polar surface area (TPSA) is 34.1 Å². The fraction of sp³-hybridized carbons (Fsp3) is 0.435. The Hall–Kier alpha value is -2.33. The summed E-state index contributed by atoms with van der Waals surface area (Å²) in [7, 11) is 0. The number of rotatable bonds is 1. The van der Waals surface area contributed by atoms with Crippen molar-refractivity contribution in [2.45, 2.75) is 57.4 Å². The third-order valence-corrected chi connectivity index (χ3v) is 5.98. The van der Waals surface area contributed by atoms with Crippen molar-refractivity contribution in [2.75, 3.05) is 6.61 Å². The van der Waals surface area contributed by atoms with Crippen molar-refractivity contribution in [3.63, 3.8) is 0 Å². The predicted octanol–water partition coefficient (Wildman–Crippen LogP) is 4.82. The van der Waals surface area contributed by atoms with Crippen LogP contribution in [-0.2, 0) is 4.74 Å². The standard InChI is InChI=1S/C23H26N2O2/c1-16-8-10-17(11-9-16)19-14-20-18-6-4-5-7-21(18)27-23(25(20)24-19)12-13-26-22(2,3)15-23/h4-11,20H,12-15H2,1-3H3/t20-,23+/m1/s1. The van der Waals surface area contributed by atoms with Gasteiger partial charge in [-0.3, -0.25) is 0 Å². The average molecular weight is 362 g/mol. The maximum Gasteiger partial charge on any atom is 0.203 e. The van der Waals surface area contributed by atoms with Gasteiger partial charge in [-0.15, -0.1) is 0 Å². The highest BCUT2D eigenvalue weighted by molar-refractivity contribution is 6.02. The molecule has 4 nitrogen and oxygen atoms in total. The van der Waals surface area contributed by atoms with Crippen LogP contribution in [0.4, 0.5) is 0 Å². The lowest BCUT2D eigenvalue weighted by molar-refractivity contribution is -0.212. The molecule has 2 aromatic rings. The van der Waals surface area contributed by atoms with Gasteiger partial charge in [0.2, 0.25) is 5.72 Å². The second kappa shape index (κ2) is 5.83. The molecule has 3 aliphatic heterocycles. The van der Waals surface area contributed by atoms with E-state index < -0.39 is 5.72 Å². The van der Waals surface area contributed by atoms with Gasteiger partial charge in [-0.05, 0) is 32.4 Å². The first-order chi connectivity index (χ1) is 13.0. The van der Waals surface area contributed by atoms with Crippen molar-refractivity contribution in [1.29, 1.82) is 0 Å². The number of nitrogens with zero attached hydrogens (tertiary/aromatic N) is 2. The van der Waals surface area contributed by atoms with Crippen LogP contribution in [0.15, 0.2) is 53.6 Å². The summed E-state index contributed by atoms with van der Waals surface area (Å²) < 4.78 is 12.7. The van der Waals surface area contributed by atoms with Crippen LogP contribution < -0.4 is 4.74 Å². The molecule has 0 amide bonds. The Balaban J connectivity index is 1.60. The third kappa shape index (κ3) is 2.74.